The van der Waals surface area contributed by atoms with Gasteiger partial charge in [0.25, 0.3) is 0 Å². The van der Waals surface area contributed by atoms with Crippen molar-refractivity contribution in [2.24, 2.45) is 0 Å². The molecule has 1 unspecified atom stereocenters. The summed E-state index contributed by atoms with van der Waals surface area (Å²) in [6.07, 6.45) is 3.90. The second-order valence-electron chi connectivity index (χ2n) is 6.03. The molecule has 0 bridgehead atoms. The minimum absolute atomic E-state index is 0.602. The van der Waals surface area contributed by atoms with Gasteiger partial charge in [0.2, 0.25) is 0 Å². The van der Waals surface area contributed by atoms with Crippen LogP contribution in [0.1, 0.15) is 36.5 Å². The van der Waals surface area contributed by atoms with Gasteiger partial charge >= 0.3 is 0 Å². The summed E-state index contributed by atoms with van der Waals surface area (Å²) >= 11 is 0. The summed E-state index contributed by atoms with van der Waals surface area (Å²) in [5, 5.41) is 3.65. The van der Waals surface area contributed by atoms with E-state index in [1.165, 1.54) is 49.2 Å². The molecule has 1 aliphatic heterocycles. The molecular formula is C17H28N2. The van der Waals surface area contributed by atoms with Crippen LogP contribution in [0.5, 0.6) is 0 Å². The summed E-state index contributed by atoms with van der Waals surface area (Å²) in [5.41, 5.74) is 4.24. The Morgan fingerprint density at radius 2 is 1.89 bits per heavy atom. The zero-order valence-electron chi connectivity index (χ0n) is 12.7. The van der Waals surface area contributed by atoms with Gasteiger partial charge in [-0.05, 0) is 76.4 Å². The van der Waals surface area contributed by atoms with Crippen LogP contribution in [0.2, 0.25) is 0 Å². The molecule has 1 aromatic carbocycles. The molecule has 0 amide bonds. The van der Waals surface area contributed by atoms with Gasteiger partial charge in [-0.1, -0.05) is 18.2 Å². The molecule has 0 saturated carbocycles. The van der Waals surface area contributed by atoms with E-state index in [9.17, 15) is 0 Å². The van der Waals surface area contributed by atoms with Gasteiger partial charge in [0.15, 0.2) is 0 Å². The Morgan fingerprint density at radius 3 is 2.58 bits per heavy atom. The average molecular weight is 260 g/mol. The van der Waals surface area contributed by atoms with E-state index in [1.54, 1.807) is 0 Å². The third kappa shape index (κ3) is 4.63. The van der Waals surface area contributed by atoms with Crippen molar-refractivity contribution in [1.82, 2.24) is 10.2 Å². The first-order valence-electron chi connectivity index (χ1n) is 7.67. The lowest BCUT2D eigenvalue weighted by atomic mass is 10.0. The summed E-state index contributed by atoms with van der Waals surface area (Å²) in [5.74, 6) is 0. The van der Waals surface area contributed by atoms with Crippen molar-refractivity contribution >= 4 is 0 Å². The minimum Gasteiger partial charge on any atom is -0.313 e. The molecule has 1 atom stereocenters. The van der Waals surface area contributed by atoms with E-state index in [2.05, 4.69) is 49.2 Å². The van der Waals surface area contributed by atoms with E-state index in [4.69, 9.17) is 0 Å². The van der Waals surface area contributed by atoms with E-state index >= 15 is 0 Å². The highest BCUT2D eigenvalue weighted by atomic mass is 15.2. The molecule has 19 heavy (non-hydrogen) atoms. The molecule has 1 aliphatic rings. The first kappa shape index (κ1) is 14.5. The Balaban J connectivity index is 1.68. The topological polar surface area (TPSA) is 15.3 Å². The second-order valence-corrected chi connectivity index (χ2v) is 6.03. The van der Waals surface area contributed by atoms with Crippen LogP contribution in [0, 0.1) is 13.8 Å². The van der Waals surface area contributed by atoms with Crippen molar-refractivity contribution in [3.8, 4) is 0 Å². The molecule has 0 radical (unpaired) electrons. The maximum atomic E-state index is 3.65. The van der Waals surface area contributed by atoms with Crippen LogP contribution in [0.15, 0.2) is 18.2 Å². The van der Waals surface area contributed by atoms with Crippen molar-refractivity contribution in [2.75, 3.05) is 26.2 Å². The zero-order chi connectivity index (χ0) is 13.7. The van der Waals surface area contributed by atoms with Gasteiger partial charge in [-0.15, -0.1) is 0 Å². The predicted molar refractivity (Wildman–Crippen MR) is 82.8 cm³/mol. The predicted octanol–water partition coefficient (Wildman–Crippen LogP) is 2.92. The molecule has 1 heterocycles. The lowest BCUT2D eigenvalue weighted by Gasteiger charge is -2.21. The molecule has 2 heteroatoms. The molecule has 1 saturated heterocycles. The molecular weight excluding hydrogens is 232 g/mol. The molecule has 1 N–H and O–H groups in total. The summed E-state index contributed by atoms with van der Waals surface area (Å²) in [4.78, 5) is 2.58. The third-order valence-corrected chi connectivity index (χ3v) is 4.21. The van der Waals surface area contributed by atoms with Crippen LogP contribution >= 0.6 is 0 Å². The zero-order valence-corrected chi connectivity index (χ0v) is 12.7. The number of likely N-dealkylation sites (tertiary alicyclic amines) is 1. The van der Waals surface area contributed by atoms with Gasteiger partial charge < -0.3 is 10.2 Å². The van der Waals surface area contributed by atoms with Gasteiger partial charge in [0.1, 0.15) is 0 Å². The number of aryl methyl sites for hydroxylation is 2. The number of hydrogen-bond acceptors (Lipinski definition) is 2. The quantitative estimate of drug-likeness (QED) is 0.846. The third-order valence-electron chi connectivity index (χ3n) is 4.21. The molecule has 0 aliphatic carbocycles. The number of nitrogens with one attached hydrogen (secondary N) is 1. The van der Waals surface area contributed by atoms with Gasteiger partial charge in [-0.3, -0.25) is 0 Å². The van der Waals surface area contributed by atoms with Crippen molar-refractivity contribution < 1.29 is 0 Å². The van der Waals surface area contributed by atoms with Gasteiger partial charge in [0, 0.05) is 12.6 Å². The highest BCUT2D eigenvalue weighted by molar-refractivity contribution is 5.30. The summed E-state index contributed by atoms with van der Waals surface area (Å²) in [6, 6.07) is 7.42. The normalized spacial score (nSPS) is 17.8. The maximum absolute atomic E-state index is 3.65. The number of hydrogen-bond donors (Lipinski definition) is 1. The fourth-order valence-electron chi connectivity index (χ4n) is 2.84. The van der Waals surface area contributed by atoms with Gasteiger partial charge in [-0.2, -0.15) is 0 Å². The Kier molecular flexibility index (Phi) is 5.41. The minimum atomic E-state index is 0.602. The summed E-state index contributed by atoms with van der Waals surface area (Å²) in [6.45, 7) is 11.5. The van der Waals surface area contributed by atoms with Crippen molar-refractivity contribution in [3.63, 3.8) is 0 Å². The molecule has 0 spiro atoms. The largest absolute Gasteiger partial charge is 0.313 e. The maximum Gasteiger partial charge on any atom is 0.0166 e. The van der Waals surface area contributed by atoms with E-state index in [1.807, 2.05) is 0 Å². The van der Waals surface area contributed by atoms with Crippen LogP contribution in [-0.2, 0) is 6.42 Å². The van der Waals surface area contributed by atoms with E-state index in [0.717, 1.165) is 13.0 Å². The number of rotatable bonds is 6. The van der Waals surface area contributed by atoms with Crippen molar-refractivity contribution in [3.05, 3.63) is 34.9 Å². The highest BCUT2D eigenvalue weighted by Gasteiger charge is 2.13. The smallest absolute Gasteiger partial charge is 0.0166 e. The molecule has 106 valence electrons. The van der Waals surface area contributed by atoms with Crippen LogP contribution in [-0.4, -0.2) is 37.1 Å². The van der Waals surface area contributed by atoms with Crippen molar-refractivity contribution in [1.29, 1.82) is 0 Å². The van der Waals surface area contributed by atoms with Gasteiger partial charge in [-0.25, -0.2) is 0 Å². The lowest BCUT2D eigenvalue weighted by Crippen LogP contribution is -2.38. The first-order valence-corrected chi connectivity index (χ1v) is 7.67. The summed E-state index contributed by atoms with van der Waals surface area (Å²) < 4.78 is 0. The Bertz CT molecular complexity index is 394. The molecule has 2 nitrogen and oxygen atoms in total. The fourth-order valence-corrected chi connectivity index (χ4v) is 2.84. The highest BCUT2D eigenvalue weighted by Crippen LogP contribution is 2.10. The Morgan fingerprint density at radius 1 is 1.16 bits per heavy atom. The van der Waals surface area contributed by atoms with E-state index in [-0.39, 0.29) is 0 Å². The SMILES string of the molecule is Cc1ccc(CCNC(C)CN2CCCC2)cc1C. The van der Waals surface area contributed by atoms with Crippen molar-refractivity contribution in [2.45, 2.75) is 46.1 Å². The van der Waals surface area contributed by atoms with E-state index in [0.29, 0.717) is 6.04 Å². The number of benzene rings is 1. The number of nitrogens with zero attached hydrogens (tertiary/aromatic N) is 1. The monoisotopic (exact) mass is 260 g/mol. The molecule has 0 aromatic heterocycles. The summed E-state index contributed by atoms with van der Waals surface area (Å²) in [7, 11) is 0. The average Bonchev–Trinajstić information content (AvgIpc) is 2.86. The van der Waals surface area contributed by atoms with Crippen LogP contribution in [0.25, 0.3) is 0 Å². The van der Waals surface area contributed by atoms with Crippen LogP contribution < -0.4 is 5.32 Å². The van der Waals surface area contributed by atoms with Gasteiger partial charge in [0.05, 0.1) is 0 Å². The first-order chi connectivity index (χ1) is 9.15. The standard InChI is InChI=1S/C17H28N2/c1-14-6-7-17(12-15(14)2)8-9-18-16(3)13-19-10-4-5-11-19/h6-7,12,16,18H,4-5,8-11,13H2,1-3H3. The Labute approximate surface area is 118 Å². The van der Waals surface area contributed by atoms with E-state index < -0.39 is 0 Å². The molecule has 1 aromatic rings. The molecule has 1 fully saturated rings. The van der Waals surface area contributed by atoms with Crippen LogP contribution in [0.4, 0.5) is 0 Å². The molecule has 2 rings (SSSR count). The lowest BCUT2D eigenvalue weighted by molar-refractivity contribution is 0.299. The Hall–Kier alpha value is -0.860. The van der Waals surface area contributed by atoms with Crippen LogP contribution in [0.3, 0.4) is 0 Å². The second kappa shape index (κ2) is 7.06. The fraction of sp³-hybridized carbons (Fsp3) is 0.647.